The molecule has 1 aliphatic rings. The first-order valence-corrected chi connectivity index (χ1v) is 12.9. The third-order valence-corrected chi connectivity index (χ3v) is 7.24. The molecule has 0 fully saturated rings. The van der Waals surface area contributed by atoms with E-state index >= 15 is 0 Å². The van der Waals surface area contributed by atoms with Crippen molar-refractivity contribution in [2.75, 3.05) is 13.2 Å². The number of thiophene rings is 1. The van der Waals surface area contributed by atoms with Crippen LogP contribution in [-0.2, 0) is 13.0 Å². The molecule has 0 amide bonds. The predicted octanol–water partition coefficient (Wildman–Crippen LogP) is 5.78. The summed E-state index contributed by atoms with van der Waals surface area (Å²) >= 11 is 1.73. The standard InChI is InChI=1S/C29H24N4O3S/c1-2-4-21(16-28-30-32-33-31-28)20-8-10-22(11-9-20)36-17-19-7-12-27-24(15-19)25(18-37-27)23-5-3-6-26-29(23)35-14-13-34-26/h3,5-12,15,18,21H,13-14,16-17H2,1H3,(H,30,31,32,33)/t21-/m0/s1. The number of para-hydroxylation sites is 1. The molecule has 0 radical (unpaired) electrons. The van der Waals surface area contributed by atoms with Gasteiger partial charge in [-0.25, -0.2) is 0 Å². The molecule has 5 aromatic rings. The van der Waals surface area contributed by atoms with Gasteiger partial charge in [-0.1, -0.05) is 41.5 Å². The van der Waals surface area contributed by atoms with Gasteiger partial charge in [0.15, 0.2) is 17.3 Å². The number of hydrogen-bond acceptors (Lipinski definition) is 7. The van der Waals surface area contributed by atoms with E-state index in [1.165, 1.54) is 10.1 Å². The second-order valence-corrected chi connectivity index (χ2v) is 9.56. The fourth-order valence-electron chi connectivity index (χ4n) is 4.50. The van der Waals surface area contributed by atoms with Crippen LogP contribution < -0.4 is 14.2 Å². The van der Waals surface area contributed by atoms with E-state index in [9.17, 15) is 0 Å². The number of aromatic amines is 1. The van der Waals surface area contributed by atoms with E-state index in [0.717, 1.165) is 39.5 Å². The summed E-state index contributed by atoms with van der Waals surface area (Å²) in [5, 5.41) is 17.6. The van der Waals surface area contributed by atoms with Gasteiger partial charge in [-0.05, 0) is 53.8 Å². The van der Waals surface area contributed by atoms with Gasteiger partial charge in [-0.2, -0.15) is 5.21 Å². The molecule has 1 N–H and O–H groups in total. The average Bonchev–Trinajstić information content (AvgIpc) is 3.61. The first-order valence-electron chi connectivity index (χ1n) is 12.0. The van der Waals surface area contributed by atoms with Crippen LogP contribution >= 0.6 is 11.3 Å². The summed E-state index contributed by atoms with van der Waals surface area (Å²) in [6, 6.07) is 20.6. The minimum Gasteiger partial charge on any atom is -0.489 e. The molecule has 0 bridgehead atoms. The van der Waals surface area contributed by atoms with E-state index in [4.69, 9.17) is 14.2 Å². The zero-order valence-corrected chi connectivity index (χ0v) is 21.0. The van der Waals surface area contributed by atoms with E-state index in [1.54, 1.807) is 11.3 Å². The van der Waals surface area contributed by atoms with E-state index in [-0.39, 0.29) is 5.92 Å². The van der Waals surface area contributed by atoms with Gasteiger partial charge in [0.2, 0.25) is 0 Å². The van der Waals surface area contributed by atoms with Gasteiger partial charge in [-0.3, -0.25) is 0 Å². The highest BCUT2D eigenvalue weighted by atomic mass is 32.1. The van der Waals surface area contributed by atoms with Crippen molar-refractivity contribution in [3.63, 3.8) is 0 Å². The molecule has 0 aliphatic carbocycles. The monoisotopic (exact) mass is 508 g/mol. The van der Waals surface area contributed by atoms with Crippen molar-refractivity contribution >= 4 is 21.4 Å². The van der Waals surface area contributed by atoms with Gasteiger partial charge in [0.25, 0.3) is 0 Å². The highest BCUT2D eigenvalue weighted by Gasteiger charge is 2.19. The molecular formula is C29H24N4O3S. The lowest BCUT2D eigenvalue weighted by molar-refractivity contribution is 0.172. The summed E-state index contributed by atoms with van der Waals surface area (Å²) in [5.74, 6) is 9.31. The van der Waals surface area contributed by atoms with Crippen molar-refractivity contribution in [2.24, 2.45) is 0 Å². The summed E-state index contributed by atoms with van der Waals surface area (Å²) in [6.07, 6.45) is 0.600. The number of rotatable bonds is 7. The number of H-pyrrole nitrogens is 1. The van der Waals surface area contributed by atoms with Gasteiger partial charge in [0, 0.05) is 27.6 Å². The lowest BCUT2D eigenvalue weighted by atomic mass is 9.96. The third kappa shape index (κ3) is 4.86. The van der Waals surface area contributed by atoms with Crippen LogP contribution in [0.4, 0.5) is 0 Å². The minimum absolute atomic E-state index is 0.00539. The quantitative estimate of drug-likeness (QED) is 0.281. The first-order chi connectivity index (χ1) is 18.3. The Morgan fingerprint density at radius 3 is 2.78 bits per heavy atom. The highest BCUT2D eigenvalue weighted by molar-refractivity contribution is 7.17. The van der Waals surface area contributed by atoms with Gasteiger partial charge in [0.1, 0.15) is 25.6 Å². The molecule has 7 nitrogen and oxygen atoms in total. The van der Waals surface area contributed by atoms with Crippen LogP contribution in [-0.4, -0.2) is 33.8 Å². The summed E-state index contributed by atoms with van der Waals surface area (Å²) in [5.41, 5.74) is 4.40. The fourth-order valence-corrected chi connectivity index (χ4v) is 5.44. The number of nitrogens with one attached hydrogen (secondary N) is 1. The van der Waals surface area contributed by atoms with Gasteiger partial charge in [0.05, 0.1) is 5.92 Å². The number of aromatic nitrogens is 4. The number of ether oxygens (including phenoxy) is 3. The second kappa shape index (κ2) is 10.3. The Morgan fingerprint density at radius 2 is 1.95 bits per heavy atom. The van der Waals surface area contributed by atoms with Crippen LogP contribution in [0, 0.1) is 11.8 Å². The molecule has 2 aromatic heterocycles. The Kier molecular flexibility index (Phi) is 6.44. The van der Waals surface area contributed by atoms with Crippen LogP contribution in [0.3, 0.4) is 0 Å². The zero-order valence-electron chi connectivity index (χ0n) is 20.2. The number of nitrogens with zero attached hydrogens (tertiary/aromatic N) is 3. The van der Waals surface area contributed by atoms with Crippen LogP contribution in [0.15, 0.2) is 66.0 Å². The molecule has 1 atom stereocenters. The van der Waals surface area contributed by atoms with Crippen LogP contribution in [0.25, 0.3) is 21.2 Å². The molecule has 184 valence electrons. The van der Waals surface area contributed by atoms with Crippen molar-refractivity contribution in [3.05, 3.63) is 83.0 Å². The molecule has 6 rings (SSSR count). The average molecular weight is 509 g/mol. The van der Waals surface area contributed by atoms with E-state index in [0.29, 0.717) is 32.1 Å². The molecule has 3 aromatic carbocycles. The van der Waals surface area contributed by atoms with Crippen molar-refractivity contribution in [3.8, 4) is 40.2 Å². The SMILES string of the molecule is CC#C[C@@H](Cc1nn[nH]n1)c1ccc(OCc2ccc3scc(-c4cccc5c4OCCO5)c3c2)cc1. The Bertz CT molecular complexity index is 1580. The molecule has 1 aliphatic heterocycles. The molecule has 0 unspecified atom stereocenters. The number of fused-ring (bicyclic) bond motifs is 2. The smallest absolute Gasteiger partial charge is 0.176 e. The third-order valence-electron chi connectivity index (χ3n) is 6.28. The number of tetrazole rings is 1. The van der Waals surface area contributed by atoms with Gasteiger partial charge >= 0.3 is 0 Å². The van der Waals surface area contributed by atoms with E-state index < -0.39 is 0 Å². The Morgan fingerprint density at radius 1 is 1.05 bits per heavy atom. The Balaban J connectivity index is 1.19. The topological polar surface area (TPSA) is 82.2 Å². The van der Waals surface area contributed by atoms with Crippen molar-refractivity contribution in [2.45, 2.75) is 25.9 Å². The number of benzene rings is 3. The lowest BCUT2D eigenvalue weighted by Gasteiger charge is -2.20. The van der Waals surface area contributed by atoms with Crippen LogP contribution in [0.2, 0.25) is 0 Å². The van der Waals surface area contributed by atoms with E-state index in [1.807, 2.05) is 43.3 Å². The maximum Gasteiger partial charge on any atom is 0.176 e. The lowest BCUT2D eigenvalue weighted by Crippen LogP contribution is -2.15. The van der Waals surface area contributed by atoms with Crippen molar-refractivity contribution in [1.82, 2.24) is 20.6 Å². The molecule has 8 heteroatoms. The second-order valence-electron chi connectivity index (χ2n) is 8.65. The van der Waals surface area contributed by atoms with Crippen molar-refractivity contribution < 1.29 is 14.2 Å². The molecule has 37 heavy (non-hydrogen) atoms. The summed E-state index contributed by atoms with van der Waals surface area (Å²) in [6.45, 7) is 3.45. The zero-order chi connectivity index (χ0) is 25.0. The van der Waals surface area contributed by atoms with Gasteiger partial charge in [-0.15, -0.1) is 27.5 Å². The van der Waals surface area contributed by atoms with Crippen molar-refractivity contribution in [1.29, 1.82) is 0 Å². The minimum atomic E-state index is -0.00539. The maximum atomic E-state index is 6.14. The largest absolute Gasteiger partial charge is 0.489 e. The fraction of sp³-hybridized carbons (Fsp3) is 0.207. The summed E-state index contributed by atoms with van der Waals surface area (Å²) < 4.78 is 19.1. The maximum absolute atomic E-state index is 6.14. The molecular weight excluding hydrogens is 484 g/mol. The van der Waals surface area contributed by atoms with Crippen LogP contribution in [0.5, 0.6) is 17.2 Å². The summed E-state index contributed by atoms with van der Waals surface area (Å²) in [7, 11) is 0. The Hall–Kier alpha value is -4.35. The van der Waals surface area contributed by atoms with Crippen LogP contribution in [0.1, 0.15) is 29.8 Å². The summed E-state index contributed by atoms with van der Waals surface area (Å²) in [4.78, 5) is 0. The number of hydrogen-bond donors (Lipinski definition) is 1. The van der Waals surface area contributed by atoms with Gasteiger partial charge < -0.3 is 14.2 Å². The molecule has 3 heterocycles. The molecule has 0 spiro atoms. The normalized spacial score (nSPS) is 13.1. The first kappa shape index (κ1) is 23.1. The molecule has 0 saturated carbocycles. The predicted molar refractivity (Wildman–Crippen MR) is 143 cm³/mol. The Labute approximate surface area is 218 Å². The van der Waals surface area contributed by atoms with E-state index in [2.05, 4.69) is 62.1 Å². The highest BCUT2D eigenvalue weighted by Crippen LogP contribution is 2.44. The molecule has 0 saturated heterocycles.